The van der Waals surface area contributed by atoms with Crippen molar-refractivity contribution in [1.82, 2.24) is 4.37 Å². The zero-order valence-corrected chi connectivity index (χ0v) is 11.1. The molecule has 0 bridgehead atoms. The lowest BCUT2D eigenvalue weighted by molar-refractivity contribution is 0.714. The summed E-state index contributed by atoms with van der Waals surface area (Å²) in [6, 6.07) is 8.70. The molecular formula is C12H15ClN2S. The summed E-state index contributed by atoms with van der Waals surface area (Å²) in [5.41, 5.74) is 1.07. The number of halogens is 1. The molecule has 0 saturated carbocycles. The molecule has 2 nitrogen and oxygen atoms in total. The Bertz CT molecular complexity index is 467. The lowest BCUT2D eigenvalue weighted by Crippen LogP contribution is -2.31. The maximum atomic E-state index is 5.85. The number of alkyl halides is 1. The van der Waals surface area contributed by atoms with Crippen LogP contribution in [0.2, 0.25) is 0 Å². The first-order valence-electron chi connectivity index (χ1n) is 5.41. The van der Waals surface area contributed by atoms with E-state index in [9.17, 15) is 0 Å². The van der Waals surface area contributed by atoms with Crippen molar-refractivity contribution in [3.8, 4) is 0 Å². The third-order valence-corrected chi connectivity index (χ3v) is 3.66. The zero-order valence-electron chi connectivity index (χ0n) is 9.48. The van der Waals surface area contributed by atoms with E-state index in [-0.39, 0.29) is 0 Å². The normalized spacial score (nSPS) is 11.2. The van der Waals surface area contributed by atoms with Crippen LogP contribution < -0.4 is 4.90 Å². The van der Waals surface area contributed by atoms with Crippen LogP contribution in [0.1, 0.15) is 13.8 Å². The highest BCUT2D eigenvalue weighted by Gasteiger charge is 2.15. The highest BCUT2D eigenvalue weighted by atomic mass is 35.5. The van der Waals surface area contributed by atoms with Gasteiger partial charge in [-0.05, 0) is 37.5 Å². The van der Waals surface area contributed by atoms with Crippen LogP contribution in [0.4, 0.5) is 5.00 Å². The van der Waals surface area contributed by atoms with Crippen molar-refractivity contribution in [3.05, 3.63) is 24.3 Å². The summed E-state index contributed by atoms with van der Waals surface area (Å²) >= 11 is 7.41. The fraction of sp³-hybridized carbons (Fsp3) is 0.417. The van der Waals surface area contributed by atoms with Crippen molar-refractivity contribution in [2.75, 3.05) is 17.3 Å². The Morgan fingerprint density at radius 2 is 2.12 bits per heavy atom. The van der Waals surface area contributed by atoms with E-state index < -0.39 is 0 Å². The van der Waals surface area contributed by atoms with E-state index in [1.807, 2.05) is 6.07 Å². The second-order valence-corrected chi connectivity index (χ2v) is 5.11. The van der Waals surface area contributed by atoms with Gasteiger partial charge in [-0.1, -0.05) is 12.1 Å². The van der Waals surface area contributed by atoms with Crippen LogP contribution in [0.3, 0.4) is 0 Å². The Balaban J connectivity index is 2.44. The predicted octanol–water partition coefficient (Wildman–Crippen LogP) is 3.75. The Hall–Kier alpha value is -0.800. The molecule has 1 aromatic heterocycles. The van der Waals surface area contributed by atoms with Crippen LogP contribution >= 0.6 is 23.1 Å². The second-order valence-electron chi connectivity index (χ2n) is 3.98. The van der Waals surface area contributed by atoms with E-state index in [0.29, 0.717) is 11.9 Å². The minimum absolute atomic E-state index is 0.447. The first kappa shape index (κ1) is 11.7. The van der Waals surface area contributed by atoms with Gasteiger partial charge in [0.05, 0.1) is 5.52 Å². The van der Waals surface area contributed by atoms with Crippen molar-refractivity contribution in [2.45, 2.75) is 19.9 Å². The van der Waals surface area contributed by atoms with Gasteiger partial charge in [0.1, 0.15) is 5.00 Å². The minimum atomic E-state index is 0.447. The molecule has 0 fully saturated rings. The Kier molecular flexibility index (Phi) is 3.66. The number of hydrogen-bond donors (Lipinski definition) is 0. The summed E-state index contributed by atoms with van der Waals surface area (Å²) < 4.78 is 4.46. The molecule has 0 N–H and O–H groups in total. The van der Waals surface area contributed by atoms with Gasteiger partial charge in [-0.2, -0.15) is 4.37 Å². The van der Waals surface area contributed by atoms with Gasteiger partial charge < -0.3 is 4.90 Å². The molecular weight excluding hydrogens is 240 g/mol. The average Bonchev–Trinajstić information content (AvgIpc) is 2.69. The molecule has 86 valence electrons. The molecule has 0 spiro atoms. The quantitative estimate of drug-likeness (QED) is 0.773. The van der Waals surface area contributed by atoms with Crippen molar-refractivity contribution < 1.29 is 0 Å². The Morgan fingerprint density at radius 1 is 1.38 bits per heavy atom. The van der Waals surface area contributed by atoms with Gasteiger partial charge in [-0.25, -0.2) is 0 Å². The maximum absolute atomic E-state index is 5.85. The molecule has 0 radical (unpaired) electrons. The summed E-state index contributed by atoms with van der Waals surface area (Å²) in [5.74, 6) is 0.643. The minimum Gasteiger partial charge on any atom is -0.358 e. The topological polar surface area (TPSA) is 16.1 Å². The number of nitrogens with zero attached hydrogens (tertiary/aromatic N) is 2. The number of fused-ring (bicyclic) bond motifs is 1. The van der Waals surface area contributed by atoms with Gasteiger partial charge in [-0.15, -0.1) is 11.6 Å². The first-order chi connectivity index (χ1) is 7.74. The van der Waals surface area contributed by atoms with Gasteiger partial charge >= 0.3 is 0 Å². The number of anilines is 1. The number of hydrogen-bond acceptors (Lipinski definition) is 3. The van der Waals surface area contributed by atoms with Crippen LogP contribution in [-0.4, -0.2) is 22.8 Å². The highest BCUT2D eigenvalue weighted by molar-refractivity contribution is 7.11. The molecule has 0 unspecified atom stereocenters. The van der Waals surface area contributed by atoms with Gasteiger partial charge in [0.2, 0.25) is 0 Å². The summed E-state index contributed by atoms with van der Waals surface area (Å²) in [6.45, 7) is 5.23. The van der Waals surface area contributed by atoms with Crippen molar-refractivity contribution >= 4 is 39.0 Å². The smallest absolute Gasteiger partial charge is 0.120 e. The number of rotatable bonds is 4. The van der Waals surface area contributed by atoms with E-state index in [2.05, 4.69) is 41.3 Å². The molecule has 2 rings (SSSR count). The van der Waals surface area contributed by atoms with Crippen molar-refractivity contribution in [2.24, 2.45) is 0 Å². The van der Waals surface area contributed by atoms with Crippen LogP contribution in [0, 0.1) is 0 Å². The van der Waals surface area contributed by atoms with Crippen molar-refractivity contribution in [3.63, 3.8) is 0 Å². The molecule has 0 amide bonds. The number of aromatic nitrogens is 1. The summed E-state index contributed by atoms with van der Waals surface area (Å²) in [6.07, 6.45) is 0. The van der Waals surface area contributed by atoms with Crippen LogP contribution in [0.15, 0.2) is 24.3 Å². The second kappa shape index (κ2) is 5.02. The third-order valence-electron chi connectivity index (χ3n) is 2.57. The fourth-order valence-electron chi connectivity index (χ4n) is 1.77. The average molecular weight is 255 g/mol. The number of benzene rings is 1. The van der Waals surface area contributed by atoms with Crippen LogP contribution in [0.5, 0.6) is 0 Å². The SMILES string of the molecule is CC(C)N(CCCl)c1snc2ccccc12. The van der Waals surface area contributed by atoms with E-state index in [4.69, 9.17) is 11.6 Å². The largest absolute Gasteiger partial charge is 0.358 e. The third kappa shape index (κ3) is 2.15. The van der Waals surface area contributed by atoms with Gasteiger partial charge in [0.25, 0.3) is 0 Å². The monoisotopic (exact) mass is 254 g/mol. The molecule has 4 heteroatoms. The lowest BCUT2D eigenvalue weighted by Gasteiger charge is -2.26. The summed E-state index contributed by atoms with van der Waals surface area (Å²) in [5, 5.41) is 2.46. The Labute approximate surface area is 105 Å². The van der Waals surface area contributed by atoms with E-state index in [0.717, 1.165) is 12.1 Å². The fourth-order valence-corrected chi connectivity index (χ4v) is 2.97. The molecule has 0 aliphatic rings. The van der Waals surface area contributed by atoms with E-state index >= 15 is 0 Å². The highest BCUT2D eigenvalue weighted by Crippen LogP contribution is 2.32. The predicted molar refractivity (Wildman–Crippen MR) is 72.8 cm³/mol. The molecule has 0 atom stereocenters. The summed E-state index contributed by atoms with van der Waals surface area (Å²) in [7, 11) is 0. The zero-order chi connectivity index (χ0) is 11.5. The van der Waals surface area contributed by atoms with Crippen LogP contribution in [0.25, 0.3) is 10.9 Å². The van der Waals surface area contributed by atoms with Crippen LogP contribution in [-0.2, 0) is 0 Å². The maximum Gasteiger partial charge on any atom is 0.120 e. The van der Waals surface area contributed by atoms with Gasteiger partial charge in [0, 0.05) is 23.9 Å². The molecule has 16 heavy (non-hydrogen) atoms. The van der Waals surface area contributed by atoms with E-state index in [1.54, 1.807) is 11.5 Å². The summed E-state index contributed by atoms with van der Waals surface area (Å²) in [4.78, 5) is 2.31. The molecule has 1 aromatic carbocycles. The van der Waals surface area contributed by atoms with Gasteiger partial charge in [-0.3, -0.25) is 0 Å². The molecule has 1 heterocycles. The van der Waals surface area contributed by atoms with Crippen molar-refractivity contribution in [1.29, 1.82) is 0 Å². The standard InChI is InChI=1S/C12H15ClN2S/c1-9(2)15(8-7-13)12-10-5-3-4-6-11(10)14-16-12/h3-6,9H,7-8H2,1-2H3. The molecule has 0 aliphatic heterocycles. The first-order valence-corrected chi connectivity index (χ1v) is 6.72. The molecule has 0 aliphatic carbocycles. The van der Waals surface area contributed by atoms with E-state index in [1.165, 1.54) is 10.4 Å². The molecule has 2 aromatic rings. The Morgan fingerprint density at radius 3 is 2.81 bits per heavy atom. The lowest BCUT2D eigenvalue weighted by atomic mass is 10.2. The molecule has 0 saturated heterocycles. The van der Waals surface area contributed by atoms with Gasteiger partial charge in [0.15, 0.2) is 0 Å².